The standard InChI is InChI=1S/C16H19NO4/c18-14(10-5-2-1-3-6-10)15(19)17-9-11-7-4-8-12(11)13(17)16(20)21/h1-3,5-6,11-14,18H,4,7-9H2,(H,20,21). The fourth-order valence-electron chi connectivity index (χ4n) is 3.78. The summed E-state index contributed by atoms with van der Waals surface area (Å²) < 4.78 is 0. The van der Waals surface area contributed by atoms with Gasteiger partial charge in [-0.2, -0.15) is 0 Å². The van der Waals surface area contributed by atoms with Gasteiger partial charge in [-0.15, -0.1) is 0 Å². The van der Waals surface area contributed by atoms with Gasteiger partial charge in [-0.25, -0.2) is 4.79 Å². The SMILES string of the molecule is O=C(O)C1C2CCCC2CN1C(=O)C(O)c1ccccc1. The van der Waals surface area contributed by atoms with E-state index in [1.165, 1.54) is 4.90 Å². The molecule has 0 bridgehead atoms. The second-order valence-corrected chi connectivity index (χ2v) is 5.94. The van der Waals surface area contributed by atoms with Crippen LogP contribution in [0.3, 0.4) is 0 Å². The van der Waals surface area contributed by atoms with Crippen molar-refractivity contribution in [2.45, 2.75) is 31.4 Å². The molecule has 1 aliphatic carbocycles. The summed E-state index contributed by atoms with van der Waals surface area (Å²) in [6, 6.07) is 7.87. The summed E-state index contributed by atoms with van der Waals surface area (Å²) in [4.78, 5) is 25.4. The highest BCUT2D eigenvalue weighted by Gasteiger charge is 2.50. The molecule has 21 heavy (non-hydrogen) atoms. The molecule has 1 aromatic carbocycles. The summed E-state index contributed by atoms with van der Waals surface area (Å²) in [5.41, 5.74) is 0.503. The molecule has 5 heteroatoms. The molecule has 1 saturated carbocycles. The Kier molecular flexibility index (Phi) is 3.68. The van der Waals surface area contributed by atoms with Crippen molar-refractivity contribution in [3.05, 3.63) is 35.9 Å². The third-order valence-electron chi connectivity index (χ3n) is 4.78. The number of amides is 1. The third-order valence-corrected chi connectivity index (χ3v) is 4.78. The van der Waals surface area contributed by atoms with Gasteiger partial charge in [-0.05, 0) is 30.2 Å². The van der Waals surface area contributed by atoms with Gasteiger partial charge in [0.2, 0.25) is 0 Å². The van der Waals surface area contributed by atoms with Crippen molar-refractivity contribution in [3.8, 4) is 0 Å². The van der Waals surface area contributed by atoms with Crippen molar-refractivity contribution in [3.63, 3.8) is 0 Å². The van der Waals surface area contributed by atoms with Crippen molar-refractivity contribution in [2.75, 3.05) is 6.54 Å². The molecule has 5 nitrogen and oxygen atoms in total. The lowest BCUT2D eigenvalue weighted by molar-refractivity contribution is -0.153. The van der Waals surface area contributed by atoms with Crippen LogP contribution in [0.25, 0.3) is 0 Å². The van der Waals surface area contributed by atoms with E-state index in [4.69, 9.17) is 0 Å². The van der Waals surface area contributed by atoms with Crippen LogP contribution in [0.5, 0.6) is 0 Å². The molecule has 1 aromatic rings. The number of aliphatic hydroxyl groups is 1. The normalized spacial score (nSPS) is 29.2. The molecule has 0 radical (unpaired) electrons. The second kappa shape index (κ2) is 5.48. The minimum atomic E-state index is -1.29. The van der Waals surface area contributed by atoms with E-state index in [1.807, 2.05) is 0 Å². The number of carbonyl (C=O) groups is 2. The fraction of sp³-hybridized carbons (Fsp3) is 0.500. The van der Waals surface area contributed by atoms with E-state index < -0.39 is 24.0 Å². The van der Waals surface area contributed by atoms with Crippen molar-refractivity contribution in [1.29, 1.82) is 0 Å². The van der Waals surface area contributed by atoms with Gasteiger partial charge in [0.1, 0.15) is 6.04 Å². The number of aliphatic hydroxyl groups excluding tert-OH is 1. The van der Waals surface area contributed by atoms with Gasteiger partial charge in [0, 0.05) is 6.54 Å². The van der Waals surface area contributed by atoms with Gasteiger partial charge in [0.15, 0.2) is 6.10 Å². The summed E-state index contributed by atoms with van der Waals surface area (Å²) in [7, 11) is 0. The molecule has 1 heterocycles. The molecule has 1 saturated heterocycles. The lowest BCUT2D eigenvalue weighted by atomic mass is 9.94. The van der Waals surface area contributed by atoms with Gasteiger partial charge in [0.25, 0.3) is 5.91 Å². The zero-order valence-corrected chi connectivity index (χ0v) is 11.7. The largest absolute Gasteiger partial charge is 0.480 e. The van der Waals surface area contributed by atoms with Gasteiger partial charge in [-0.3, -0.25) is 4.79 Å². The number of carbonyl (C=O) groups excluding carboxylic acids is 1. The molecule has 112 valence electrons. The van der Waals surface area contributed by atoms with Crippen molar-refractivity contribution >= 4 is 11.9 Å². The molecule has 1 aliphatic heterocycles. The number of nitrogens with zero attached hydrogens (tertiary/aromatic N) is 1. The van der Waals surface area contributed by atoms with Crippen molar-refractivity contribution in [1.82, 2.24) is 4.90 Å². The summed E-state index contributed by atoms with van der Waals surface area (Å²) in [5, 5.41) is 19.7. The highest BCUT2D eigenvalue weighted by molar-refractivity contribution is 5.88. The van der Waals surface area contributed by atoms with Crippen LogP contribution in [0, 0.1) is 11.8 Å². The molecule has 2 fully saturated rings. The van der Waals surface area contributed by atoms with Crippen molar-refractivity contribution < 1.29 is 19.8 Å². The number of carboxylic acid groups (broad SMARTS) is 1. The van der Waals surface area contributed by atoms with Gasteiger partial charge in [-0.1, -0.05) is 36.8 Å². The fourth-order valence-corrected chi connectivity index (χ4v) is 3.78. The quantitative estimate of drug-likeness (QED) is 0.882. The first-order valence-electron chi connectivity index (χ1n) is 7.36. The Balaban J connectivity index is 1.82. The van der Waals surface area contributed by atoms with E-state index >= 15 is 0 Å². The predicted octanol–water partition coefficient (Wildman–Crippen LogP) is 1.43. The molecule has 2 aliphatic rings. The number of carboxylic acids is 1. The monoisotopic (exact) mass is 289 g/mol. The highest BCUT2D eigenvalue weighted by atomic mass is 16.4. The van der Waals surface area contributed by atoms with Crippen molar-refractivity contribution in [2.24, 2.45) is 11.8 Å². The third kappa shape index (κ3) is 2.42. The van der Waals surface area contributed by atoms with Crippen LogP contribution in [0.1, 0.15) is 30.9 Å². The molecule has 0 aromatic heterocycles. The van der Waals surface area contributed by atoms with E-state index in [0.29, 0.717) is 12.1 Å². The molecule has 3 rings (SSSR count). The van der Waals surface area contributed by atoms with Crippen LogP contribution >= 0.6 is 0 Å². The second-order valence-electron chi connectivity index (χ2n) is 5.94. The van der Waals surface area contributed by atoms with Crippen LogP contribution in [-0.4, -0.2) is 39.6 Å². The average Bonchev–Trinajstić information content (AvgIpc) is 3.06. The van der Waals surface area contributed by atoms with Crippen LogP contribution < -0.4 is 0 Å². The Morgan fingerprint density at radius 3 is 2.57 bits per heavy atom. The molecule has 4 unspecified atom stereocenters. The Labute approximate surface area is 123 Å². The topological polar surface area (TPSA) is 77.8 Å². The Morgan fingerprint density at radius 2 is 1.90 bits per heavy atom. The molecule has 2 N–H and O–H groups in total. The first-order valence-corrected chi connectivity index (χ1v) is 7.36. The van der Waals surface area contributed by atoms with Crippen LogP contribution in [0.4, 0.5) is 0 Å². The maximum absolute atomic E-state index is 12.5. The van der Waals surface area contributed by atoms with Gasteiger partial charge < -0.3 is 15.1 Å². The molecule has 1 amide bonds. The zero-order chi connectivity index (χ0) is 15.0. The maximum atomic E-state index is 12.5. The Bertz CT molecular complexity index is 544. The number of hydrogen-bond donors (Lipinski definition) is 2. The molecular weight excluding hydrogens is 270 g/mol. The number of fused-ring (bicyclic) bond motifs is 1. The molecule has 4 atom stereocenters. The van der Waals surface area contributed by atoms with E-state index in [1.54, 1.807) is 30.3 Å². The zero-order valence-electron chi connectivity index (χ0n) is 11.7. The average molecular weight is 289 g/mol. The Morgan fingerprint density at radius 1 is 1.19 bits per heavy atom. The van der Waals surface area contributed by atoms with Gasteiger partial charge in [0.05, 0.1) is 0 Å². The highest BCUT2D eigenvalue weighted by Crippen LogP contribution is 2.43. The first kappa shape index (κ1) is 14.1. The summed E-state index contributed by atoms with van der Waals surface area (Å²) in [6.45, 7) is 0.449. The van der Waals surface area contributed by atoms with Crippen LogP contribution in [-0.2, 0) is 9.59 Å². The lowest BCUT2D eigenvalue weighted by Gasteiger charge is -2.26. The smallest absolute Gasteiger partial charge is 0.326 e. The molecular formula is C16H19NO4. The van der Waals surface area contributed by atoms with Crippen LogP contribution in [0.15, 0.2) is 30.3 Å². The van der Waals surface area contributed by atoms with Gasteiger partial charge >= 0.3 is 5.97 Å². The number of likely N-dealkylation sites (tertiary alicyclic amines) is 1. The minimum absolute atomic E-state index is 0.0365. The maximum Gasteiger partial charge on any atom is 0.326 e. The van der Waals surface area contributed by atoms with E-state index in [-0.39, 0.29) is 11.8 Å². The summed E-state index contributed by atoms with van der Waals surface area (Å²) >= 11 is 0. The van der Waals surface area contributed by atoms with E-state index in [0.717, 1.165) is 19.3 Å². The van der Waals surface area contributed by atoms with E-state index in [9.17, 15) is 19.8 Å². The molecule has 0 spiro atoms. The number of benzene rings is 1. The Hall–Kier alpha value is -1.88. The minimum Gasteiger partial charge on any atom is -0.480 e. The lowest BCUT2D eigenvalue weighted by Crippen LogP contribution is -2.45. The number of hydrogen-bond acceptors (Lipinski definition) is 3. The first-order chi connectivity index (χ1) is 10.1. The van der Waals surface area contributed by atoms with Crippen LogP contribution in [0.2, 0.25) is 0 Å². The summed E-state index contributed by atoms with van der Waals surface area (Å²) in [6.07, 6.45) is 1.57. The summed E-state index contributed by atoms with van der Waals surface area (Å²) in [5.74, 6) is -1.16. The number of rotatable bonds is 3. The predicted molar refractivity (Wildman–Crippen MR) is 75.4 cm³/mol. The number of aliphatic carboxylic acids is 1. The van der Waals surface area contributed by atoms with E-state index in [2.05, 4.69) is 0 Å².